The third-order valence-corrected chi connectivity index (χ3v) is 4.61. The lowest BCUT2D eigenvalue weighted by atomic mass is 10.0. The molecule has 1 aromatic heterocycles. The number of carboxylic acids is 1. The van der Waals surface area contributed by atoms with Crippen molar-refractivity contribution in [1.29, 1.82) is 0 Å². The monoisotopic (exact) mass is 444 g/mol. The Morgan fingerprint density at radius 2 is 1.67 bits per heavy atom. The van der Waals surface area contributed by atoms with Gasteiger partial charge in [-0.05, 0) is 5.92 Å². The normalized spacial score (nSPS) is 15.0. The summed E-state index contributed by atoms with van der Waals surface area (Å²) in [7, 11) is 0. The van der Waals surface area contributed by atoms with Gasteiger partial charge < -0.3 is 36.9 Å². The summed E-state index contributed by atoms with van der Waals surface area (Å²) in [5.41, 5.74) is 6.24. The molecule has 0 aliphatic rings. The van der Waals surface area contributed by atoms with Gasteiger partial charge in [0.2, 0.25) is 17.7 Å². The lowest BCUT2D eigenvalue weighted by Gasteiger charge is -2.24. The van der Waals surface area contributed by atoms with Crippen LogP contribution in [0.5, 0.6) is 0 Å². The molecule has 13 heteroatoms. The van der Waals surface area contributed by atoms with Crippen LogP contribution in [-0.2, 0) is 25.6 Å². The van der Waals surface area contributed by atoms with Crippen molar-refractivity contribution in [2.45, 2.75) is 44.4 Å². The Labute approximate surface area is 178 Å². The molecule has 0 saturated carbocycles. The molecule has 3 amide bonds. The van der Waals surface area contributed by atoms with Gasteiger partial charge >= 0.3 is 5.97 Å². The number of hydrogen-bond acceptors (Lipinski definition) is 8. The summed E-state index contributed by atoms with van der Waals surface area (Å²) in [6.45, 7) is 2.72. The summed E-state index contributed by atoms with van der Waals surface area (Å²) in [5, 5.41) is 25.6. The maximum Gasteiger partial charge on any atom is 0.327 e. The zero-order chi connectivity index (χ0) is 22.8. The van der Waals surface area contributed by atoms with E-state index in [0.717, 1.165) is 0 Å². The molecule has 168 valence electrons. The first-order valence-corrected chi connectivity index (χ1v) is 9.82. The number of rotatable bonds is 12. The average molecular weight is 445 g/mol. The molecule has 0 aliphatic heterocycles. The van der Waals surface area contributed by atoms with Crippen molar-refractivity contribution in [3.05, 3.63) is 18.2 Å². The van der Waals surface area contributed by atoms with E-state index in [0.29, 0.717) is 5.69 Å². The van der Waals surface area contributed by atoms with Crippen molar-refractivity contribution in [2.24, 2.45) is 11.7 Å². The maximum absolute atomic E-state index is 12.6. The van der Waals surface area contributed by atoms with E-state index in [1.165, 1.54) is 12.5 Å². The third-order valence-electron chi connectivity index (χ3n) is 4.25. The van der Waals surface area contributed by atoms with Gasteiger partial charge in [0.1, 0.15) is 18.1 Å². The van der Waals surface area contributed by atoms with E-state index in [1.807, 2.05) is 0 Å². The summed E-state index contributed by atoms with van der Waals surface area (Å²) in [6.07, 6.45) is 2.78. The number of nitrogens with zero attached hydrogens (tertiary/aromatic N) is 1. The predicted molar refractivity (Wildman–Crippen MR) is 109 cm³/mol. The molecule has 0 saturated heterocycles. The second kappa shape index (κ2) is 12.1. The van der Waals surface area contributed by atoms with Crippen LogP contribution in [0.3, 0.4) is 0 Å². The van der Waals surface area contributed by atoms with Crippen molar-refractivity contribution in [1.82, 2.24) is 25.9 Å². The van der Waals surface area contributed by atoms with Crippen LogP contribution in [-0.4, -0.2) is 80.4 Å². The number of carbonyl (C=O) groups excluding carboxylic acids is 3. The van der Waals surface area contributed by atoms with E-state index in [-0.39, 0.29) is 18.1 Å². The van der Waals surface area contributed by atoms with E-state index in [1.54, 1.807) is 13.8 Å². The van der Waals surface area contributed by atoms with Crippen LogP contribution in [0.2, 0.25) is 0 Å². The van der Waals surface area contributed by atoms with Gasteiger partial charge in [0.15, 0.2) is 0 Å². The second-order valence-corrected chi connectivity index (χ2v) is 7.30. The Morgan fingerprint density at radius 1 is 1.10 bits per heavy atom. The number of amides is 3. The van der Waals surface area contributed by atoms with Crippen molar-refractivity contribution in [3.8, 4) is 0 Å². The first-order chi connectivity index (χ1) is 14.1. The smallest absolute Gasteiger partial charge is 0.327 e. The fourth-order valence-corrected chi connectivity index (χ4v) is 2.57. The SMILES string of the molecule is CC(C)C(N)C(=O)NC(CO)C(=O)NC(Cc1cnc[nH]1)C(=O)NC(CS)C(=O)O. The first kappa shape index (κ1) is 25.4. The zero-order valence-corrected chi connectivity index (χ0v) is 17.6. The van der Waals surface area contributed by atoms with Gasteiger partial charge in [-0.1, -0.05) is 13.8 Å². The van der Waals surface area contributed by atoms with E-state index in [9.17, 15) is 24.3 Å². The van der Waals surface area contributed by atoms with Crippen LogP contribution in [0, 0.1) is 5.92 Å². The molecular weight excluding hydrogens is 416 g/mol. The minimum atomic E-state index is -1.35. The Morgan fingerprint density at radius 3 is 2.13 bits per heavy atom. The van der Waals surface area contributed by atoms with Gasteiger partial charge in [-0.15, -0.1) is 0 Å². The zero-order valence-electron chi connectivity index (χ0n) is 16.7. The number of aliphatic hydroxyl groups excluding tert-OH is 1. The lowest BCUT2D eigenvalue weighted by Crippen LogP contribution is -2.59. The number of H-pyrrole nitrogens is 1. The number of nitrogens with one attached hydrogen (secondary N) is 4. The average Bonchev–Trinajstić information content (AvgIpc) is 3.21. The molecule has 0 radical (unpaired) electrons. The molecular formula is C17H28N6O6S. The highest BCUT2D eigenvalue weighted by Gasteiger charge is 2.30. The van der Waals surface area contributed by atoms with Crippen LogP contribution in [0.4, 0.5) is 0 Å². The molecule has 1 heterocycles. The van der Waals surface area contributed by atoms with Crippen molar-refractivity contribution < 1.29 is 29.4 Å². The molecule has 4 unspecified atom stereocenters. The van der Waals surface area contributed by atoms with Crippen molar-refractivity contribution in [2.75, 3.05) is 12.4 Å². The van der Waals surface area contributed by atoms with Gasteiger partial charge in [-0.25, -0.2) is 9.78 Å². The number of aromatic amines is 1. The third kappa shape index (κ3) is 7.65. The largest absolute Gasteiger partial charge is 0.480 e. The number of aromatic nitrogens is 2. The molecule has 30 heavy (non-hydrogen) atoms. The Bertz CT molecular complexity index is 728. The van der Waals surface area contributed by atoms with E-state index in [2.05, 4.69) is 38.5 Å². The number of carbonyl (C=O) groups is 4. The molecule has 0 aromatic carbocycles. The van der Waals surface area contributed by atoms with Crippen LogP contribution >= 0.6 is 12.6 Å². The molecule has 1 aromatic rings. The van der Waals surface area contributed by atoms with Gasteiger partial charge in [-0.3, -0.25) is 14.4 Å². The molecule has 8 N–H and O–H groups in total. The number of hydrogen-bond donors (Lipinski definition) is 8. The number of nitrogens with two attached hydrogens (primary N) is 1. The van der Waals surface area contributed by atoms with E-state index < -0.39 is 54.5 Å². The lowest BCUT2D eigenvalue weighted by molar-refractivity contribution is -0.141. The predicted octanol–water partition coefficient (Wildman–Crippen LogP) is -2.60. The number of carboxylic acid groups (broad SMARTS) is 1. The van der Waals surface area contributed by atoms with Gasteiger partial charge in [-0.2, -0.15) is 12.6 Å². The van der Waals surface area contributed by atoms with Crippen LogP contribution in [0.15, 0.2) is 12.5 Å². The topological polar surface area (TPSA) is 200 Å². The van der Waals surface area contributed by atoms with Crippen LogP contribution < -0.4 is 21.7 Å². The molecule has 0 spiro atoms. The summed E-state index contributed by atoms with van der Waals surface area (Å²) in [5.74, 6) is -3.88. The number of aliphatic hydroxyl groups is 1. The number of imidazole rings is 1. The highest BCUT2D eigenvalue weighted by atomic mass is 32.1. The van der Waals surface area contributed by atoms with Crippen LogP contribution in [0.1, 0.15) is 19.5 Å². The van der Waals surface area contributed by atoms with Crippen molar-refractivity contribution in [3.63, 3.8) is 0 Å². The Kier molecular flexibility index (Phi) is 10.3. The fraction of sp³-hybridized carbons (Fsp3) is 0.588. The van der Waals surface area contributed by atoms with E-state index >= 15 is 0 Å². The quantitative estimate of drug-likeness (QED) is 0.160. The van der Waals surface area contributed by atoms with E-state index in [4.69, 9.17) is 10.8 Å². The summed E-state index contributed by atoms with van der Waals surface area (Å²) in [6, 6.07) is -4.70. The fourth-order valence-electron chi connectivity index (χ4n) is 2.32. The van der Waals surface area contributed by atoms with Gasteiger partial charge in [0.25, 0.3) is 0 Å². The number of thiol groups is 1. The maximum atomic E-state index is 12.6. The van der Waals surface area contributed by atoms with Gasteiger partial charge in [0.05, 0.1) is 19.0 Å². The second-order valence-electron chi connectivity index (χ2n) is 6.94. The summed E-state index contributed by atoms with van der Waals surface area (Å²) < 4.78 is 0. The molecule has 0 fully saturated rings. The highest BCUT2D eigenvalue weighted by molar-refractivity contribution is 7.80. The molecule has 0 aliphatic carbocycles. The van der Waals surface area contributed by atoms with Crippen molar-refractivity contribution >= 4 is 36.3 Å². The number of aliphatic carboxylic acids is 1. The minimum absolute atomic E-state index is 0.0336. The standard InChI is InChI=1S/C17H28N6O6S/c1-8(2)13(18)16(27)22-11(5-24)15(26)21-10(3-9-4-19-7-20-9)14(25)23-12(6-30)17(28)29/h4,7-8,10-13,24,30H,3,5-6,18H2,1-2H3,(H,19,20)(H,21,26)(H,22,27)(H,23,25)(H,28,29). The molecule has 1 rings (SSSR count). The Hall–Kier alpha value is -2.64. The summed E-state index contributed by atoms with van der Waals surface area (Å²) >= 11 is 3.89. The molecule has 4 atom stereocenters. The molecule has 0 bridgehead atoms. The van der Waals surface area contributed by atoms with Crippen LogP contribution in [0.25, 0.3) is 0 Å². The van der Waals surface area contributed by atoms with Gasteiger partial charge in [0, 0.05) is 24.1 Å². The highest BCUT2D eigenvalue weighted by Crippen LogP contribution is 2.03. The first-order valence-electron chi connectivity index (χ1n) is 9.19. The summed E-state index contributed by atoms with van der Waals surface area (Å²) in [4.78, 5) is 55.0. The Balaban J connectivity index is 2.92. The molecule has 12 nitrogen and oxygen atoms in total. The minimum Gasteiger partial charge on any atom is -0.480 e.